The molecule has 0 bridgehead atoms. The summed E-state index contributed by atoms with van der Waals surface area (Å²) in [6, 6.07) is 28.5. The summed E-state index contributed by atoms with van der Waals surface area (Å²) in [6.07, 6.45) is -4.51. The molecule has 0 aliphatic heterocycles. The summed E-state index contributed by atoms with van der Waals surface area (Å²) in [5.74, 6) is -0.491. The van der Waals surface area contributed by atoms with Gasteiger partial charge in [-0.1, -0.05) is 54.6 Å². The van der Waals surface area contributed by atoms with Crippen molar-refractivity contribution >= 4 is 23.5 Å². The molecule has 0 spiro atoms. The third kappa shape index (κ3) is 5.99. The lowest BCUT2D eigenvalue weighted by atomic mass is 10.2. The fourth-order valence-corrected chi connectivity index (χ4v) is 3.81. The van der Waals surface area contributed by atoms with E-state index in [-0.39, 0.29) is 17.2 Å². The van der Waals surface area contributed by atoms with Crippen LogP contribution in [0.1, 0.15) is 26.3 Å². The Balaban J connectivity index is 1.34. The van der Waals surface area contributed by atoms with Crippen LogP contribution in [0.25, 0.3) is 17.1 Å². The molecule has 0 saturated carbocycles. The molecule has 0 radical (unpaired) electrons. The Labute approximate surface area is 226 Å². The molecule has 0 atom stereocenters. The summed E-state index contributed by atoms with van der Waals surface area (Å²) < 4.78 is 41.4. The first-order valence-corrected chi connectivity index (χ1v) is 12.0. The van der Waals surface area contributed by atoms with Gasteiger partial charge in [-0.05, 0) is 54.6 Å². The molecule has 1 aromatic heterocycles. The summed E-state index contributed by atoms with van der Waals surface area (Å²) in [6.45, 7) is 0. The molecule has 0 aliphatic carbocycles. The highest BCUT2D eigenvalue weighted by atomic mass is 19.4. The maximum absolute atomic E-state index is 13.3. The average Bonchev–Trinajstić information content (AvgIpc) is 3.40. The van der Waals surface area contributed by atoms with Crippen molar-refractivity contribution in [3.63, 3.8) is 0 Å². The molecule has 8 nitrogen and oxygen atoms in total. The Bertz CT molecular complexity index is 1640. The summed E-state index contributed by atoms with van der Waals surface area (Å²) in [7, 11) is 0. The van der Waals surface area contributed by atoms with E-state index in [1.165, 1.54) is 28.9 Å². The molecule has 3 N–H and O–H groups in total. The van der Waals surface area contributed by atoms with Crippen molar-refractivity contribution in [2.75, 3.05) is 5.32 Å². The lowest BCUT2D eigenvalue weighted by molar-refractivity contribution is -0.137. The van der Waals surface area contributed by atoms with E-state index in [1.807, 2.05) is 6.07 Å². The molecule has 0 unspecified atom stereocenters. The third-order valence-electron chi connectivity index (χ3n) is 5.79. The average molecular weight is 543 g/mol. The molecule has 5 aromatic rings. The molecule has 0 aliphatic rings. The van der Waals surface area contributed by atoms with E-state index in [1.54, 1.807) is 66.7 Å². The van der Waals surface area contributed by atoms with Gasteiger partial charge in [0.25, 0.3) is 11.8 Å². The van der Waals surface area contributed by atoms with E-state index < -0.39 is 23.6 Å². The van der Waals surface area contributed by atoms with Gasteiger partial charge in [-0.2, -0.15) is 18.2 Å². The number of aromatic nitrogens is 3. The van der Waals surface area contributed by atoms with Gasteiger partial charge in [0.1, 0.15) is 0 Å². The lowest BCUT2D eigenvalue weighted by Crippen LogP contribution is -2.41. The Morgan fingerprint density at radius 3 is 1.93 bits per heavy atom. The molecule has 0 fully saturated rings. The van der Waals surface area contributed by atoms with Gasteiger partial charge in [0.05, 0.1) is 11.3 Å². The smallest absolute Gasteiger partial charge is 0.323 e. The largest absolute Gasteiger partial charge is 0.416 e. The standard InChI is InChI=1S/C29H21F3N6O2/c30-29(31,32)22-12-7-13-24(18-22)38-25(19-8-3-1-4-9-19)34-28(37-38)33-23-16-14-21(15-17-23)27(40)36-35-26(39)20-10-5-2-6-11-20/h1-18H,(H,33,37)(H,35,39)(H,36,40). The first-order valence-electron chi connectivity index (χ1n) is 12.0. The van der Waals surface area contributed by atoms with Crippen LogP contribution in [0.2, 0.25) is 0 Å². The minimum Gasteiger partial charge on any atom is -0.323 e. The van der Waals surface area contributed by atoms with Crippen molar-refractivity contribution < 1.29 is 22.8 Å². The third-order valence-corrected chi connectivity index (χ3v) is 5.79. The van der Waals surface area contributed by atoms with Crippen molar-refractivity contribution in [2.24, 2.45) is 0 Å². The molecule has 200 valence electrons. The number of hydrazine groups is 1. The monoisotopic (exact) mass is 542 g/mol. The molecule has 0 saturated heterocycles. The molecule has 5 rings (SSSR count). The van der Waals surface area contributed by atoms with Gasteiger partial charge in [-0.3, -0.25) is 20.4 Å². The summed E-state index contributed by atoms with van der Waals surface area (Å²) >= 11 is 0. The van der Waals surface area contributed by atoms with Crippen LogP contribution in [0.15, 0.2) is 109 Å². The highest BCUT2D eigenvalue weighted by Gasteiger charge is 2.31. The van der Waals surface area contributed by atoms with Gasteiger partial charge < -0.3 is 5.32 Å². The summed E-state index contributed by atoms with van der Waals surface area (Å²) in [5, 5.41) is 7.43. The predicted molar refractivity (Wildman–Crippen MR) is 143 cm³/mol. The van der Waals surface area contributed by atoms with E-state index in [0.717, 1.165) is 12.1 Å². The van der Waals surface area contributed by atoms with Crippen LogP contribution in [-0.2, 0) is 6.18 Å². The predicted octanol–water partition coefficient (Wildman–Crippen LogP) is 5.77. The molecular weight excluding hydrogens is 521 g/mol. The molecular formula is C29H21F3N6O2. The molecule has 11 heteroatoms. The maximum atomic E-state index is 13.3. The second kappa shape index (κ2) is 11.1. The van der Waals surface area contributed by atoms with E-state index in [0.29, 0.717) is 22.6 Å². The number of amides is 2. The zero-order valence-electron chi connectivity index (χ0n) is 20.7. The van der Waals surface area contributed by atoms with Gasteiger partial charge >= 0.3 is 6.18 Å². The fraction of sp³-hybridized carbons (Fsp3) is 0.0345. The quantitative estimate of drug-likeness (QED) is 0.237. The number of hydrogen-bond acceptors (Lipinski definition) is 5. The zero-order chi connectivity index (χ0) is 28.1. The Hall–Kier alpha value is -5.45. The van der Waals surface area contributed by atoms with Crippen molar-refractivity contribution in [2.45, 2.75) is 6.18 Å². The van der Waals surface area contributed by atoms with Gasteiger partial charge in [-0.25, -0.2) is 4.68 Å². The van der Waals surface area contributed by atoms with Gasteiger partial charge in [-0.15, -0.1) is 5.10 Å². The van der Waals surface area contributed by atoms with E-state index in [4.69, 9.17) is 0 Å². The summed E-state index contributed by atoms with van der Waals surface area (Å²) in [5.41, 5.74) is 5.98. The fourth-order valence-electron chi connectivity index (χ4n) is 3.81. The number of benzene rings is 4. The zero-order valence-corrected chi connectivity index (χ0v) is 20.7. The first kappa shape index (κ1) is 26.2. The molecule has 4 aromatic carbocycles. The van der Waals surface area contributed by atoms with E-state index in [2.05, 4.69) is 26.3 Å². The number of rotatable bonds is 6. The van der Waals surface area contributed by atoms with Crippen LogP contribution in [0.4, 0.5) is 24.8 Å². The van der Waals surface area contributed by atoms with Crippen LogP contribution in [0.5, 0.6) is 0 Å². The number of hydrogen-bond donors (Lipinski definition) is 3. The minimum atomic E-state index is -4.51. The number of nitrogens with zero attached hydrogens (tertiary/aromatic N) is 3. The second-order valence-corrected chi connectivity index (χ2v) is 8.56. The molecule has 2 amide bonds. The number of carbonyl (C=O) groups excluding carboxylic acids is 2. The Morgan fingerprint density at radius 2 is 1.30 bits per heavy atom. The normalized spacial score (nSPS) is 11.1. The second-order valence-electron chi connectivity index (χ2n) is 8.56. The van der Waals surface area contributed by atoms with Crippen LogP contribution >= 0.6 is 0 Å². The highest BCUT2D eigenvalue weighted by molar-refractivity contribution is 5.99. The van der Waals surface area contributed by atoms with E-state index in [9.17, 15) is 22.8 Å². The van der Waals surface area contributed by atoms with Gasteiger partial charge in [0.15, 0.2) is 5.82 Å². The van der Waals surface area contributed by atoms with Crippen LogP contribution < -0.4 is 16.2 Å². The number of halogens is 3. The Morgan fingerprint density at radius 1 is 0.700 bits per heavy atom. The van der Waals surface area contributed by atoms with Crippen LogP contribution in [0, 0.1) is 0 Å². The number of anilines is 2. The molecule has 1 heterocycles. The first-order chi connectivity index (χ1) is 19.3. The van der Waals surface area contributed by atoms with E-state index >= 15 is 0 Å². The van der Waals surface area contributed by atoms with Crippen molar-refractivity contribution in [1.29, 1.82) is 0 Å². The number of nitrogens with one attached hydrogen (secondary N) is 3. The summed E-state index contributed by atoms with van der Waals surface area (Å²) in [4.78, 5) is 29.1. The van der Waals surface area contributed by atoms with Gasteiger partial charge in [0, 0.05) is 22.4 Å². The topological polar surface area (TPSA) is 101 Å². The highest BCUT2D eigenvalue weighted by Crippen LogP contribution is 2.31. The lowest BCUT2D eigenvalue weighted by Gasteiger charge is -2.10. The Kier molecular flexibility index (Phi) is 7.27. The van der Waals surface area contributed by atoms with Gasteiger partial charge in [0.2, 0.25) is 5.95 Å². The number of alkyl halides is 3. The van der Waals surface area contributed by atoms with Crippen molar-refractivity contribution in [3.05, 3.63) is 126 Å². The maximum Gasteiger partial charge on any atom is 0.416 e. The minimum absolute atomic E-state index is 0.142. The SMILES string of the molecule is O=C(NNC(=O)c1ccc(Nc2nc(-c3ccccc3)n(-c3cccc(C(F)(F)F)c3)n2)cc1)c1ccccc1. The van der Waals surface area contributed by atoms with Crippen molar-refractivity contribution in [3.8, 4) is 17.1 Å². The molecule has 40 heavy (non-hydrogen) atoms. The van der Waals surface area contributed by atoms with Crippen molar-refractivity contribution in [1.82, 2.24) is 25.6 Å². The van der Waals surface area contributed by atoms with Crippen LogP contribution in [-0.4, -0.2) is 26.6 Å². The number of carbonyl (C=O) groups is 2. The van der Waals surface area contributed by atoms with Crippen LogP contribution in [0.3, 0.4) is 0 Å².